The van der Waals surface area contributed by atoms with E-state index in [-0.39, 0.29) is 5.54 Å². The van der Waals surface area contributed by atoms with Gasteiger partial charge in [-0.05, 0) is 19.3 Å². The lowest BCUT2D eigenvalue weighted by Gasteiger charge is -2.11. The summed E-state index contributed by atoms with van der Waals surface area (Å²) in [5.74, 6) is 0. The van der Waals surface area contributed by atoms with Gasteiger partial charge >= 0.3 is 0 Å². The second-order valence-corrected chi connectivity index (χ2v) is 3.87. The Balaban J connectivity index is 2.46. The standard InChI is InChI=1S/C9H12ClN3/c1-2-6-7(10)8(13-5-12-6)9(11)3-4-9/h5H,2-4,11H2,1H3. The molecule has 0 aromatic carbocycles. The van der Waals surface area contributed by atoms with Crippen molar-refractivity contribution >= 4 is 11.6 Å². The Bertz CT molecular complexity index is 334. The molecule has 1 saturated carbocycles. The van der Waals surface area contributed by atoms with E-state index in [1.165, 1.54) is 0 Å². The van der Waals surface area contributed by atoms with Gasteiger partial charge in [-0.2, -0.15) is 0 Å². The van der Waals surface area contributed by atoms with Crippen LogP contribution in [-0.2, 0) is 12.0 Å². The molecule has 1 aliphatic rings. The molecule has 0 saturated heterocycles. The van der Waals surface area contributed by atoms with Crippen molar-refractivity contribution < 1.29 is 0 Å². The summed E-state index contributed by atoms with van der Waals surface area (Å²) in [6, 6.07) is 0. The maximum absolute atomic E-state index is 6.13. The Kier molecular flexibility index (Phi) is 2.00. The lowest BCUT2D eigenvalue weighted by Crippen LogP contribution is -2.21. The summed E-state index contributed by atoms with van der Waals surface area (Å²) in [4.78, 5) is 8.25. The van der Waals surface area contributed by atoms with Crippen LogP contribution in [-0.4, -0.2) is 9.97 Å². The summed E-state index contributed by atoms with van der Waals surface area (Å²) >= 11 is 6.13. The molecule has 13 heavy (non-hydrogen) atoms. The highest BCUT2D eigenvalue weighted by Gasteiger charge is 2.43. The summed E-state index contributed by atoms with van der Waals surface area (Å²) in [7, 11) is 0. The van der Waals surface area contributed by atoms with Gasteiger partial charge in [0.25, 0.3) is 0 Å². The monoisotopic (exact) mass is 197 g/mol. The van der Waals surface area contributed by atoms with Gasteiger partial charge < -0.3 is 5.73 Å². The molecule has 0 amide bonds. The maximum atomic E-state index is 6.13. The molecule has 0 bridgehead atoms. The van der Waals surface area contributed by atoms with Crippen LogP contribution in [0.2, 0.25) is 5.02 Å². The van der Waals surface area contributed by atoms with Crippen molar-refractivity contribution in [3.8, 4) is 0 Å². The van der Waals surface area contributed by atoms with Crippen molar-refractivity contribution in [3.05, 3.63) is 22.7 Å². The van der Waals surface area contributed by atoms with E-state index in [9.17, 15) is 0 Å². The Morgan fingerprint density at radius 3 is 2.77 bits per heavy atom. The smallest absolute Gasteiger partial charge is 0.116 e. The highest BCUT2D eigenvalue weighted by Crippen LogP contribution is 2.44. The molecule has 2 N–H and O–H groups in total. The van der Waals surface area contributed by atoms with Crippen molar-refractivity contribution in [2.45, 2.75) is 31.7 Å². The van der Waals surface area contributed by atoms with E-state index in [0.717, 1.165) is 30.7 Å². The van der Waals surface area contributed by atoms with Crippen LogP contribution in [0.15, 0.2) is 6.33 Å². The Labute approximate surface area is 82.3 Å². The van der Waals surface area contributed by atoms with Crippen molar-refractivity contribution in [1.29, 1.82) is 0 Å². The molecule has 70 valence electrons. The summed E-state index contributed by atoms with van der Waals surface area (Å²) in [5, 5.41) is 0.657. The second kappa shape index (κ2) is 2.93. The van der Waals surface area contributed by atoms with E-state index in [1.807, 2.05) is 6.92 Å². The number of aryl methyl sites for hydroxylation is 1. The molecule has 0 aliphatic heterocycles. The Hall–Kier alpha value is -0.670. The Morgan fingerprint density at radius 1 is 1.54 bits per heavy atom. The zero-order chi connectivity index (χ0) is 9.47. The molecule has 1 heterocycles. The van der Waals surface area contributed by atoms with Crippen LogP contribution >= 0.6 is 11.6 Å². The quantitative estimate of drug-likeness (QED) is 0.784. The summed E-state index contributed by atoms with van der Waals surface area (Å²) in [6.45, 7) is 2.02. The number of nitrogens with zero attached hydrogens (tertiary/aromatic N) is 2. The van der Waals surface area contributed by atoms with Gasteiger partial charge in [0.1, 0.15) is 6.33 Å². The minimum absolute atomic E-state index is 0.260. The predicted octanol–water partition coefficient (Wildman–Crippen LogP) is 1.64. The van der Waals surface area contributed by atoms with Gasteiger partial charge in [0.15, 0.2) is 0 Å². The van der Waals surface area contributed by atoms with Gasteiger partial charge in [-0.1, -0.05) is 18.5 Å². The van der Waals surface area contributed by atoms with Crippen LogP contribution in [0, 0.1) is 0 Å². The first-order valence-corrected chi connectivity index (χ1v) is 4.84. The van der Waals surface area contributed by atoms with Crippen molar-refractivity contribution in [3.63, 3.8) is 0 Å². The highest BCUT2D eigenvalue weighted by molar-refractivity contribution is 6.32. The van der Waals surface area contributed by atoms with Crippen LogP contribution in [0.5, 0.6) is 0 Å². The molecule has 1 aromatic heterocycles. The third-order valence-electron chi connectivity index (χ3n) is 2.46. The first kappa shape index (κ1) is 8.91. The summed E-state index contributed by atoms with van der Waals surface area (Å²) in [5.41, 5.74) is 7.47. The summed E-state index contributed by atoms with van der Waals surface area (Å²) < 4.78 is 0. The van der Waals surface area contributed by atoms with Gasteiger partial charge in [-0.25, -0.2) is 9.97 Å². The third-order valence-corrected chi connectivity index (χ3v) is 2.85. The molecular weight excluding hydrogens is 186 g/mol. The number of aromatic nitrogens is 2. The first-order valence-electron chi connectivity index (χ1n) is 4.46. The lowest BCUT2D eigenvalue weighted by atomic mass is 10.1. The van der Waals surface area contributed by atoms with Crippen LogP contribution in [0.4, 0.5) is 0 Å². The van der Waals surface area contributed by atoms with E-state index in [1.54, 1.807) is 6.33 Å². The van der Waals surface area contributed by atoms with Crippen LogP contribution in [0.1, 0.15) is 31.2 Å². The average molecular weight is 198 g/mol. The SMILES string of the molecule is CCc1ncnc(C2(N)CC2)c1Cl. The molecule has 0 atom stereocenters. The fourth-order valence-corrected chi connectivity index (χ4v) is 1.79. The number of halogens is 1. The fourth-order valence-electron chi connectivity index (χ4n) is 1.37. The van der Waals surface area contributed by atoms with Gasteiger partial charge in [0.2, 0.25) is 0 Å². The van der Waals surface area contributed by atoms with E-state index in [0.29, 0.717) is 5.02 Å². The van der Waals surface area contributed by atoms with Crippen LogP contribution in [0.3, 0.4) is 0 Å². The van der Waals surface area contributed by atoms with Gasteiger partial charge in [-0.15, -0.1) is 0 Å². The zero-order valence-corrected chi connectivity index (χ0v) is 8.30. The van der Waals surface area contributed by atoms with E-state index in [2.05, 4.69) is 9.97 Å². The minimum atomic E-state index is -0.260. The van der Waals surface area contributed by atoms with Gasteiger partial charge in [0.05, 0.1) is 21.9 Å². The van der Waals surface area contributed by atoms with Gasteiger partial charge in [-0.3, -0.25) is 0 Å². The highest BCUT2D eigenvalue weighted by atomic mass is 35.5. The molecule has 0 unspecified atom stereocenters. The zero-order valence-electron chi connectivity index (χ0n) is 7.55. The molecule has 4 heteroatoms. The number of rotatable bonds is 2. The van der Waals surface area contributed by atoms with Crippen molar-refractivity contribution in [1.82, 2.24) is 9.97 Å². The van der Waals surface area contributed by atoms with Gasteiger partial charge in [0, 0.05) is 0 Å². The topological polar surface area (TPSA) is 51.8 Å². The summed E-state index contributed by atoms with van der Waals surface area (Å²) in [6.07, 6.45) is 4.33. The maximum Gasteiger partial charge on any atom is 0.116 e. The lowest BCUT2D eigenvalue weighted by molar-refractivity contribution is 0.699. The average Bonchev–Trinajstić information content (AvgIpc) is 2.85. The fraction of sp³-hybridized carbons (Fsp3) is 0.556. The molecule has 0 spiro atoms. The van der Waals surface area contributed by atoms with E-state index >= 15 is 0 Å². The van der Waals surface area contributed by atoms with E-state index in [4.69, 9.17) is 17.3 Å². The normalized spacial score (nSPS) is 18.7. The number of hydrogen-bond donors (Lipinski definition) is 1. The minimum Gasteiger partial charge on any atom is -0.320 e. The molecule has 3 nitrogen and oxygen atoms in total. The third kappa shape index (κ3) is 1.42. The van der Waals surface area contributed by atoms with Crippen LogP contribution in [0.25, 0.3) is 0 Å². The second-order valence-electron chi connectivity index (χ2n) is 3.49. The van der Waals surface area contributed by atoms with E-state index < -0.39 is 0 Å². The largest absolute Gasteiger partial charge is 0.320 e. The van der Waals surface area contributed by atoms with Crippen molar-refractivity contribution in [2.24, 2.45) is 5.73 Å². The molecule has 0 radical (unpaired) electrons. The molecular formula is C9H12ClN3. The number of nitrogens with two attached hydrogens (primary N) is 1. The molecule has 1 fully saturated rings. The first-order chi connectivity index (χ1) is 6.17. The molecule has 2 rings (SSSR count). The Morgan fingerprint density at radius 2 is 2.23 bits per heavy atom. The van der Waals surface area contributed by atoms with Crippen LogP contribution < -0.4 is 5.73 Å². The molecule has 1 aromatic rings. The predicted molar refractivity (Wildman–Crippen MR) is 51.5 cm³/mol. The van der Waals surface area contributed by atoms with Crippen molar-refractivity contribution in [2.75, 3.05) is 0 Å². The number of hydrogen-bond acceptors (Lipinski definition) is 3. The molecule has 1 aliphatic carbocycles.